The van der Waals surface area contributed by atoms with Crippen molar-refractivity contribution in [2.45, 2.75) is 40.7 Å². The Morgan fingerprint density at radius 2 is 1.96 bits per heavy atom. The maximum Gasteiger partial charge on any atom is 0.191 e. The number of benzene rings is 1. The molecule has 2 rings (SSSR count). The molecular weight excluding hydrogens is 310 g/mol. The molecule has 0 radical (unpaired) electrons. The van der Waals surface area contributed by atoms with Gasteiger partial charge in [0.2, 0.25) is 0 Å². The first-order chi connectivity index (χ1) is 12.1. The van der Waals surface area contributed by atoms with E-state index in [0.29, 0.717) is 5.92 Å². The van der Waals surface area contributed by atoms with Crippen LogP contribution in [0.2, 0.25) is 0 Å². The summed E-state index contributed by atoms with van der Waals surface area (Å²) < 4.78 is 2.07. The number of aliphatic imine (C=N–C) groups is 1. The molecule has 25 heavy (non-hydrogen) atoms. The fraction of sp³-hybridized carbons (Fsp3) is 0.500. The first-order valence-corrected chi connectivity index (χ1v) is 9.15. The van der Waals surface area contributed by atoms with E-state index in [9.17, 15) is 0 Å². The zero-order chi connectivity index (χ0) is 18.1. The quantitative estimate of drug-likeness (QED) is 0.573. The fourth-order valence-electron chi connectivity index (χ4n) is 2.77. The van der Waals surface area contributed by atoms with Gasteiger partial charge in [-0.25, -0.2) is 0 Å². The Kier molecular flexibility index (Phi) is 7.51. The van der Waals surface area contributed by atoms with Crippen molar-refractivity contribution in [3.05, 3.63) is 53.3 Å². The number of nitrogens with zero attached hydrogens (tertiary/aromatic N) is 3. The lowest BCUT2D eigenvalue weighted by Crippen LogP contribution is -2.38. The van der Waals surface area contributed by atoms with Gasteiger partial charge < -0.3 is 10.6 Å². The van der Waals surface area contributed by atoms with Crippen molar-refractivity contribution < 1.29 is 0 Å². The van der Waals surface area contributed by atoms with E-state index >= 15 is 0 Å². The van der Waals surface area contributed by atoms with Gasteiger partial charge in [0.05, 0.1) is 5.69 Å². The first kappa shape index (κ1) is 19.0. The number of aryl methyl sites for hydroxylation is 2. The number of hydrogen-bond donors (Lipinski definition) is 2. The molecule has 5 nitrogen and oxygen atoms in total. The predicted molar refractivity (Wildman–Crippen MR) is 105 cm³/mol. The van der Waals surface area contributed by atoms with Crippen molar-refractivity contribution >= 4 is 5.96 Å². The molecule has 0 saturated heterocycles. The molecule has 1 aromatic heterocycles. The molecule has 136 valence electrons. The molecule has 0 aliphatic rings. The smallest absolute Gasteiger partial charge is 0.191 e. The molecule has 0 saturated carbocycles. The van der Waals surface area contributed by atoms with Crippen molar-refractivity contribution in [2.24, 2.45) is 10.9 Å². The highest BCUT2D eigenvalue weighted by atomic mass is 15.3. The summed E-state index contributed by atoms with van der Waals surface area (Å²) in [5, 5.41) is 11.3. The molecule has 1 aromatic carbocycles. The lowest BCUT2D eigenvalue weighted by molar-refractivity contribution is 0.449. The van der Waals surface area contributed by atoms with E-state index in [0.717, 1.165) is 44.3 Å². The average Bonchev–Trinajstić information content (AvgIpc) is 2.91. The van der Waals surface area contributed by atoms with Gasteiger partial charge in [0, 0.05) is 31.9 Å². The molecule has 0 spiro atoms. The van der Waals surface area contributed by atoms with Crippen LogP contribution in [0, 0.1) is 19.8 Å². The number of rotatable bonds is 8. The summed E-state index contributed by atoms with van der Waals surface area (Å²) in [6.07, 6.45) is 0.993. The molecule has 1 unspecified atom stereocenters. The minimum atomic E-state index is 0.433. The van der Waals surface area contributed by atoms with Gasteiger partial charge in [-0.1, -0.05) is 37.3 Å². The molecule has 0 aliphatic carbocycles. The molecule has 2 N–H and O–H groups in total. The SMILES string of the molecule is CCNC(=NCC(C)Cn1nc(C)cc1C)NCCc1ccccc1. The van der Waals surface area contributed by atoms with Crippen LogP contribution < -0.4 is 10.6 Å². The summed E-state index contributed by atoms with van der Waals surface area (Å²) in [6.45, 7) is 11.9. The second-order valence-corrected chi connectivity index (χ2v) is 6.60. The molecule has 1 atom stereocenters. The van der Waals surface area contributed by atoms with E-state index < -0.39 is 0 Å². The van der Waals surface area contributed by atoms with Crippen LogP contribution >= 0.6 is 0 Å². The fourth-order valence-corrected chi connectivity index (χ4v) is 2.77. The molecule has 0 amide bonds. The van der Waals surface area contributed by atoms with E-state index in [1.807, 2.05) is 13.0 Å². The summed E-state index contributed by atoms with van der Waals surface area (Å²) >= 11 is 0. The van der Waals surface area contributed by atoms with E-state index in [4.69, 9.17) is 4.99 Å². The third-order valence-electron chi connectivity index (χ3n) is 4.04. The lowest BCUT2D eigenvalue weighted by atomic mass is 10.1. The Bertz CT molecular complexity index is 660. The van der Waals surface area contributed by atoms with Gasteiger partial charge in [-0.05, 0) is 44.7 Å². The zero-order valence-electron chi connectivity index (χ0n) is 15.9. The number of hydrogen-bond acceptors (Lipinski definition) is 2. The zero-order valence-corrected chi connectivity index (χ0v) is 15.9. The van der Waals surface area contributed by atoms with Gasteiger partial charge in [0.25, 0.3) is 0 Å². The lowest BCUT2D eigenvalue weighted by Gasteiger charge is -2.14. The molecule has 0 aliphatic heterocycles. The molecule has 0 fully saturated rings. The normalized spacial score (nSPS) is 12.9. The second-order valence-electron chi connectivity index (χ2n) is 6.60. The second kappa shape index (κ2) is 9.87. The average molecular weight is 342 g/mol. The van der Waals surface area contributed by atoms with Crippen LogP contribution in [0.15, 0.2) is 41.4 Å². The van der Waals surface area contributed by atoms with Crippen molar-refractivity contribution in [1.82, 2.24) is 20.4 Å². The third kappa shape index (κ3) is 6.61. The van der Waals surface area contributed by atoms with Crippen molar-refractivity contribution in [3.8, 4) is 0 Å². The van der Waals surface area contributed by atoms with Gasteiger partial charge >= 0.3 is 0 Å². The predicted octanol–water partition coefficient (Wildman–Crippen LogP) is 2.93. The minimum absolute atomic E-state index is 0.433. The molecule has 5 heteroatoms. The van der Waals surface area contributed by atoms with Crippen LogP contribution in [0.25, 0.3) is 0 Å². The van der Waals surface area contributed by atoms with E-state index in [1.54, 1.807) is 0 Å². The monoisotopic (exact) mass is 341 g/mol. The summed E-state index contributed by atoms with van der Waals surface area (Å²) in [6, 6.07) is 12.6. The van der Waals surface area contributed by atoms with E-state index in [2.05, 4.69) is 71.5 Å². The van der Waals surface area contributed by atoms with Crippen LogP contribution in [0.4, 0.5) is 0 Å². The first-order valence-electron chi connectivity index (χ1n) is 9.15. The number of nitrogens with one attached hydrogen (secondary N) is 2. The molecular formula is C20H31N5. The van der Waals surface area contributed by atoms with E-state index in [-0.39, 0.29) is 0 Å². The summed E-state index contributed by atoms with van der Waals surface area (Å²) in [7, 11) is 0. The van der Waals surface area contributed by atoms with Crippen LogP contribution in [0.1, 0.15) is 30.8 Å². The molecule has 0 bridgehead atoms. The standard InChI is InChI=1S/C20H31N5/c1-5-21-20(22-12-11-19-9-7-6-8-10-19)23-14-16(2)15-25-18(4)13-17(3)24-25/h6-10,13,16H,5,11-12,14-15H2,1-4H3,(H2,21,22,23). The maximum atomic E-state index is 4.73. The summed E-state index contributed by atoms with van der Waals surface area (Å²) in [5.41, 5.74) is 3.62. The number of aromatic nitrogens is 2. The van der Waals surface area contributed by atoms with Crippen LogP contribution in [-0.2, 0) is 13.0 Å². The van der Waals surface area contributed by atoms with Gasteiger partial charge in [0.1, 0.15) is 0 Å². The number of guanidine groups is 1. The summed E-state index contributed by atoms with van der Waals surface area (Å²) in [5.74, 6) is 1.32. The Morgan fingerprint density at radius 3 is 2.60 bits per heavy atom. The Balaban J connectivity index is 1.82. The van der Waals surface area contributed by atoms with Gasteiger partial charge in [-0.15, -0.1) is 0 Å². The van der Waals surface area contributed by atoms with Crippen molar-refractivity contribution in [2.75, 3.05) is 19.6 Å². The third-order valence-corrected chi connectivity index (χ3v) is 4.04. The largest absolute Gasteiger partial charge is 0.357 e. The maximum absolute atomic E-state index is 4.73. The van der Waals surface area contributed by atoms with Gasteiger partial charge in [-0.3, -0.25) is 9.67 Å². The molecule has 2 aromatic rings. The van der Waals surface area contributed by atoms with Crippen molar-refractivity contribution in [3.63, 3.8) is 0 Å². The minimum Gasteiger partial charge on any atom is -0.357 e. The van der Waals surface area contributed by atoms with E-state index in [1.165, 1.54) is 11.3 Å². The topological polar surface area (TPSA) is 54.2 Å². The Labute approximate surface area is 151 Å². The highest BCUT2D eigenvalue weighted by molar-refractivity contribution is 5.79. The van der Waals surface area contributed by atoms with Crippen molar-refractivity contribution in [1.29, 1.82) is 0 Å². The highest BCUT2D eigenvalue weighted by Gasteiger charge is 2.07. The van der Waals surface area contributed by atoms with Crippen LogP contribution in [-0.4, -0.2) is 35.4 Å². The Morgan fingerprint density at radius 1 is 1.20 bits per heavy atom. The Hall–Kier alpha value is -2.30. The molecule has 1 heterocycles. The van der Waals surface area contributed by atoms with Crippen LogP contribution in [0.3, 0.4) is 0 Å². The summed E-state index contributed by atoms with van der Waals surface area (Å²) in [4.78, 5) is 4.73. The van der Waals surface area contributed by atoms with Gasteiger partial charge in [0.15, 0.2) is 5.96 Å². The van der Waals surface area contributed by atoms with Crippen LogP contribution in [0.5, 0.6) is 0 Å². The van der Waals surface area contributed by atoms with Gasteiger partial charge in [-0.2, -0.15) is 5.10 Å². The highest BCUT2D eigenvalue weighted by Crippen LogP contribution is 2.06.